The Bertz CT molecular complexity index is 644. The number of anilines is 1. The Hall–Kier alpha value is -1.81. The molecule has 0 atom stereocenters. The van der Waals surface area contributed by atoms with Crippen molar-refractivity contribution in [2.75, 3.05) is 5.73 Å². The van der Waals surface area contributed by atoms with E-state index >= 15 is 0 Å². The number of hydrogen-bond acceptors (Lipinski definition) is 3. The SMILES string of the molecule is Cc1ccc(-c2csc(N)c2C(=O)NC(C)C)cc1C. The van der Waals surface area contributed by atoms with Crippen LogP contribution in [0.5, 0.6) is 0 Å². The zero-order chi connectivity index (χ0) is 14.9. The summed E-state index contributed by atoms with van der Waals surface area (Å²) in [7, 11) is 0. The summed E-state index contributed by atoms with van der Waals surface area (Å²) in [6.07, 6.45) is 0. The predicted octanol–water partition coefficient (Wildman–Crippen LogP) is 3.75. The van der Waals surface area contributed by atoms with Gasteiger partial charge in [0.05, 0.1) is 10.6 Å². The first-order chi connectivity index (χ1) is 9.40. The van der Waals surface area contributed by atoms with E-state index in [1.807, 2.05) is 25.3 Å². The lowest BCUT2D eigenvalue weighted by atomic mass is 9.99. The second-order valence-electron chi connectivity index (χ2n) is 5.32. The Morgan fingerprint density at radius 2 is 1.95 bits per heavy atom. The number of hydrogen-bond donors (Lipinski definition) is 2. The Balaban J connectivity index is 2.47. The van der Waals surface area contributed by atoms with Crippen molar-refractivity contribution < 1.29 is 4.79 Å². The van der Waals surface area contributed by atoms with Gasteiger partial charge in [-0.25, -0.2) is 0 Å². The molecule has 0 aliphatic heterocycles. The molecule has 3 nitrogen and oxygen atoms in total. The number of thiophene rings is 1. The molecule has 0 radical (unpaired) electrons. The normalized spacial score (nSPS) is 10.8. The minimum Gasteiger partial charge on any atom is -0.390 e. The summed E-state index contributed by atoms with van der Waals surface area (Å²) in [6, 6.07) is 6.30. The van der Waals surface area contributed by atoms with Crippen LogP contribution < -0.4 is 11.1 Å². The molecule has 2 rings (SSSR count). The number of benzene rings is 1. The standard InChI is InChI=1S/C16H20N2OS/c1-9(2)18-16(19)14-13(8-20-15(14)17)12-6-5-10(3)11(4)7-12/h5-9H,17H2,1-4H3,(H,18,19). The van der Waals surface area contributed by atoms with Gasteiger partial charge in [-0.05, 0) is 44.4 Å². The van der Waals surface area contributed by atoms with E-state index in [1.54, 1.807) is 0 Å². The first kappa shape index (κ1) is 14.6. The number of nitrogen functional groups attached to an aromatic ring is 1. The highest BCUT2D eigenvalue weighted by Crippen LogP contribution is 2.34. The molecule has 1 heterocycles. The summed E-state index contributed by atoms with van der Waals surface area (Å²) in [4.78, 5) is 12.3. The first-order valence-corrected chi connectivity index (χ1v) is 7.53. The van der Waals surface area contributed by atoms with Crippen LogP contribution in [-0.4, -0.2) is 11.9 Å². The van der Waals surface area contributed by atoms with Crippen molar-refractivity contribution in [3.8, 4) is 11.1 Å². The molecular formula is C16H20N2OS. The molecular weight excluding hydrogens is 268 g/mol. The summed E-state index contributed by atoms with van der Waals surface area (Å²) < 4.78 is 0. The van der Waals surface area contributed by atoms with Crippen molar-refractivity contribution in [1.82, 2.24) is 5.32 Å². The van der Waals surface area contributed by atoms with E-state index in [0.717, 1.165) is 11.1 Å². The molecule has 4 heteroatoms. The fraction of sp³-hybridized carbons (Fsp3) is 0.312. The molecule has 1 amide bonds. The lowest BCUT2D eigenvalue weighted by Crippen LogP contribution is -2.30. The van der Waals surface area contributed by atoms with Crippen molar-refractivity contribution in [3.63, 3.8) is 0 Å². The Morgan fingerprint density at radius 3 is 2.55 bits per heavy atom. The Morgan fingerprint density at radius 1 is 1.25 bits per heavy atom. The maximum Gasteiger partial charge on any atom is 0.255 e. The highest BCUT2D eigenvalue weighted by molar-refractivity contribution is 7.15. The highest BCUT2D eigenvalue weighted by atomic mass is 32.1. The topological polar surface area (TPSA) is 55.1 Å². The molecule has 0 aliphatic rings. The van der Waals surface area contributed by atoms with Crippen LogP contribution in [-0.2, 0) is 0 Å². The quantitative estimate of drug-likeness (QED) is 0.903. The van der Waals surface area contributed by atoms with Crippen LogP contribution in [0.3, 0.4) is 0 Å². The van der Waals surface area contributed by atoms with Crippen LogP contribution >= 0.6 is 11.3 Å². The molecule has 3 N–H and O–H groups in total. The molecule has 0 saturated carbocycles. The summed E-state index contributed by atoms with van der Waals surface area (Å²) >= 11 is 1.41. The Labute approximate surface area is 123 Å². The van der Waals surface area contributed by atoms with Gasteiger partial charge in [-0.15, -0.1) is 11.3 Å². The van der Waals surface area contributed by atoms with E-state index in [1.165, 1.54) is 22.5 Å². The fourth-order valence-corrected chi connectivity index (χ4v) is 2.88. The monoisotopic (exact) mass is 288 g/mol. The van der Waals surface area contributed by atoms with Gasteiger partial charge >= 0.3 is 0 Å². The van der Waals surface area contributed by atoms with Gasteiger partial charge in [0.2, 0.25) is 0 Å². The van der Waals surface area contributed by atoms with Gasteiger partial charge < -0.3 is 11.1 Å². The van der Waals surface area contributed by atoms with E-state index in [2.05, 4.69) is 31.3 Å². The molecule has 20 heavy (non-hydrogen) atoms. The molecule has 0 bridgehead atoms. The number of amides is 1. The third-order valence-corrected chi connectivity index (χ3v) is 4.10. The second kappa shape index (κ2) is 5.67. The van der Waals surface area contributed by atoms with Gasteiger partial charge in [0, 0.05) is 17.0 Å². The number of carbonyl (C=O) groups is 1. The lowest BCUT2D eigenvalue weighted by molar-refractivity contribution is 0.0945. The van der Waals surface area contributed by atoms with Crippen LogP contribution in [0, 0.1) is 13.8 Å². The van der Waals surface area contributed by atoms with E-state index in [9.17, 15) is 4.79 Å². The fourth-order valence-electron chi connectivity index (χ4n) is 2.06. The average Bonchev–Trinajstić information content (AvgIpc) is 2.74. The van der Waals surface area contributed by atoms with Crippen LogP contribution in [0.2, 0.25) is 0 Å². The summed E-state index contributed by atoms with van der Waals surface area (Å²) in [5.41, 5.74) is 11.0. The minimum absolute atomic E-state index is 0.0920. The largest absolute Gasteiger partial charge is 0.390 e. The van der Waals surface area contributed by atoms with Crippen LogP contribution in [0.15, 0.2) is 23.6 Å². The van der Waals surface area contributed by atoms with E-state index in [0.29, 0.717) is 10.6 Å². The van der Waals surface area contributed by atoms with Crippen molar-refractivity contribution in [2.45, 2.75) is 33.7 Å². The molecule has 1 aromatic carbocycles. The maximum absolute atomic E-state index is 12.3. The number of nitrogens with two attached hydrogens (primary N) is 1. The van der Waals surface area contributed by atoms with Crippen molar-refractivity contribution in [1.29, 1.82) is 0 Å². The third-order valence-electron chi connectivity index (χ3n) is 3.28. The van der Waals surface area contributed by atoms with Gasteiger partial charge in [0.1, 0.15) is 0 Å². The average molecular weight is 288 g/mol. The minimum atomic E-state index is -0.105. The Kier molecular flexibility index (Phi) is 4.14. The summed E-state index contributed by atoms with van der Waals surface area (Å²) in [5, 5.41) is 5.43. The molecule has 1 aromatic heterocycles. The van der Waals surface area contributed by atoms with E-state index in [4.69, 9.17) is 5.73 Å². The zero-order valence-electron chi connectivity index (χ0n) is 12.3. The highest BCUT2D eigenvalue weighted by Gasteiger charge is 2.19. The van der Waals surface area contributed by atoms with Crippen molar-refractivity contribution in [2.24, 2.45) is 0 Å². The molecule has 0 aliphatic carbocycles. The molecule has 0 fully saturated rings. The summed E-state index contributed by atoms with van der Waals surface area (Å²) in [5.74, 6) is -0.105. The number of rotatable bonds is 3. The number of carbonyl (C=O) groups excluding carboxylic acids is 1. The van der Waals surface area contributed by atoms with Crippen molar-refractivity contribution >= 4 is 22.2 Å². The predicted molar refractivity (Wildman–Crippen MR) is 86.2 cm³/mol. The van der Waals surface area contributed by atoms with Gasteiger partial charge in [-0.3, -0.25) is 4.79 Å². The molecule has 0 saturated heterocycles. The molecule has 2 aromatic rings. The molecule has 106 valence electrons. The van der Waals surface area contributed by atoms with Crippen molar-refractivity contribution in [3.05, 3.63) is 40.3 Å². The van der Waals surface area contributed by atoms with Gasteiger partial charge in [0.25, 0.3) is 5.91 Å². The first-order valence-electron chi connectivity index (χ1n) is 6.65. The van der Waals surface area contributed by atoms with E-state index < -0.39 is 0 Å². The van der Waals surface area contributed by atoms with Gasteiger partial charge in [-0.2, -0.15) is 0 Å². The smallest absolute Gasteiger partial charge is 0.255 e. The number of aryl methyl sites for hydroxylation is 2. The third kappa shape index (κ3) is 2.85. The lowest BCUT2D eigenvalue weighted by Gasteiger charge is -2.11. The second-order valence-corrected chi connectivity index (χ2v) is 6.23. The van der Waals surface area contributed by atoms with Gasteiger partial charge in [0.15, 0.2) is 0 Å². The zero-order valence-corrected chi connectivity index (χ0v) is 13.1. The molecule has 0 unspecified atom stereocenters. The van der Waals surface area contributed by atoms with Gasteiger partial charge in [-0.1, -0.05) is 18.2 Å². The van der Waals surface area contributed by atoms with E-state index in [-0.39, 0.29) is 11.9 Å². The molecule has 0 spiro atoms. The summed E-state index contributed by atoms with van der Waals surface area (Å²) in [6.45, 7) is 8.03. The van der Waals surface area contributed by atoms with Crippen LogP contribution in [0.1, 0.15) is 35.3 Å². The van der Waals surface area contributed by atoms with Crippen LogP contribution in [0.4, 0.5) is 5.00 Å². The maximum atomic E-state index is 12.3. The van der Waals surface area contributed by atoms with Crippen LogP contribution in [0.25, 0.3) is 11.1 Å². The number of nitrogens with one attached hydrogen (secondary N) is 1.